The van der Waals surface area contributed by atoms with E-state index in [1.807, 2.05) is 0 Å². The Morgan fingerprint density at radius 3 is 2.79 bits per heavy atom. The fourth-order valence-electron chi connectivity index (χ4n) is 3.66. The molecule has 38 heavy (non-hydrogen) atoms. The zero-order valence-electron chi connectivity index (χ0n) is 20.7. The Labute approximate surface area is 217 Å². The maximum Gasteiger partial charge on any atom is 0.321 e. The number of rotatable bonds is 7. The Morgan fingerprint density at radius 1 is 1.29 bits per heavy atom. The molecule has 192 valence electrons. The number of aliphatic imine (C=N–C) groups is 2. The van der Waals surface area contributed by atoms with Gasteiger partial charge in [0.05, 0.1) is 23.3 Å². The molecule has 0 saturated carbocycles. The fraction of sp³-hybridized carbons (Fsp3) is 0.148. The lowest BCUT2D eigenvalue weighted by atomic mass is 9.98. The highest BCUT2D eigenvalue weighted by atomic mass is 19.1. The number of aliphatic hydroxyl groups excluding tert-OH is 1. The number of nitrogens with zero attached hydrogens (tertiary/aromatic N) is 5. The van der Waals surface area contributed by atoms with Crippen LogP contribution in [0.2, 0.25) is 0 Å². The summed E-state index contributed by atoms with van der Waals surface area (Å²) in [7, 11) is 0. The Kier molecular flexibility index (Phi) is 7.74. The number of hydrogen-bond donors (Lipinski definition) is 3. The van der Waals surface area contributed by atoms with Crippen molar-refractivity contribution >= 4 is 29.6 Å². The molecule has 0 amide bonds. The van der Waals surface area contributed by atoms with E-state index in [0.29, 0.717) is 50.6 Å². The van der Waals surface area contributed by atoms with Crippen molar-refractivity contribution < 1.29 is 19.0 Å². The average molecular weight is 514 g/mol. The number of pyridine rings is 1. The highest BCUT2D eigenvalue weighted by Gasteiger charge is 2.23. The predicted molar refractivity (Wildman–Crippen MR) is 144 cm³/mol. The van der Waals surface area contributed by atoms with Gasteiger partial charge in [0.15, 0.2) is 11.6 Å². The van der Waals surface area contributed by atoms with Crippen molar-refractivity contribution in [1.29, 1.82) is 0 Å². The first-order valence-corrected chi connectivity index (χ1v) is 11.4. The number of nitrogen functional groups attached to an aromatic ring is 1. The lowest BCUT2D eigenvalue weighted by Crippen LogP contribution is -2.06. The van der Waals surface area contributed by atoms with Crippen LogP contribution >= 0.6 is 0 Å². The van der Waals surface area contributed by atoms with Crippen LogP contribution in [0.25, 0.3) is 33.4 Å². The third kappa shape index (κ3) is 5.21. The normalized spacial score (nSPS) is 11.9. The molecule has 0 spiro atoms. The monoisotopic (exact) mass is 513 g/mol. The maximum absolute atomic E-state index is 15.3. The van der Waals surface area contributed by atoms with Gasteiger partial charge in [-0.15, -0.1) is 6.42 Å². The summed E-state index contributed by atoms with van der Waals surface area (Å²) in [5, 5.41) is 9.77. The molecule has 0 unspecified atom stereocenters. The van der Waals surface area contributed by atoms with E-state index in [1.54, 1.807) is 32.1 Å². The van der Waals surface area contributed by atoms with E-state index in [9.17, 15) is 5.11 Å². The number of nitrogens with one attached hydrogen (secondary N) is 1. The fourth-order valence-corrected chi connectivity index (χ4v) is 3.66. The van der Waals surface area contributed by atoms with Crippen LogP contribution in [0.15, 0.2) is 58.5 Å². The number of aromatic amines is 1. The number of halogens is 1. The van der Waals surface area contributed by atoms with E-state index < -0.39 is 5.82 Å². The second-order valence-corrected chi connectivity index (χ2v) is 7.87. The van der Waals surface area contributed by atoms with E-state index in [-0.39, 0.29) is 30.8 Å². The van der Waals surface area contributed by atoms with Crippen molar-refractivity contribution in [3.05, 3.63) is 60.1 Å². The number of nitrogens with two attached hydrogens (primary N) is 1. The molecule has 0 aliphatic heterocycles. The number of benzene rings is 1. The van der Waals surface area contributed by atoms with Gasteiger partial charge in [0.25, 0.3) is 0 Å². The minimum absolute atomic E-state index is 0.0209. The number of aromatic nitrogens is 4. The number of aliphatic hydroxyl groups is 1. The zero-order valence-corrected chi connectivity index (χ0v) is 20.7. The third-order valence-corrected chi connectivity index (χ3v) is 5.50. The van der Waals surface area contributed by atoms with Gasteiger partial charge in [0.2, 0.25) is 0 Å². The maximum atomic E-state index is 15.3. The van der Waals surface area contributed by atoms with Gasteiger partial charge in [0.1, 0.15) is 35.8 Å². The van der Waals surface area contributed by atoms with Crippen molar-refractivity contribution in [2.45, 2.75) is 13.8 Å². The summed E-state index contributed by atoms with van der Waals surface area (Å²) in [5.74, 6) is 2.23. The molecule has 0 radical (unpaired) electrons. The smallest absolute Gasteiger partial charge is 0.321 e. The minimum atomic E-state index is -0.676. The first-order valence-electron chi connectivity index (χ1n) is 11.4. The molecule has 4 rings (SSSR count). The molecule has 4 N–H and O–H groups in total. The summed E-state index contributed by atoms with van der Waals surface area (Å²) in [5.41, 5.74) is 9.56. The first-order chi connectivity index (χ1) is 18.4. The number of allylic oxidation sites excluding steroid dienone is 2. The summed E-state index contributed by atoms with van der Waals surface area (Å²) in [6.07, 6.45) is 10.1. The highest BCUT2D eigenvalue weighted by Crippen LogP contribution is 2.43. The van der Waals surface area contributed by atoms with E-state index in [4.69, 9.17) is 21.6 Å². The van der Waals surface area contributed by atoms with E-state index in [0.717, 1.165) is 0 Å². The molecule has 3 heterocycles. The van der Waals surface area contributed by atoms with Gasteiger partial charge < -0.3 is 25.3 Å². The zero-order chi connectivity index (χ0) is 27.2. The highest BCUT2D eigenvalue weighted by molar-refractivity contribution is 6.07. The summed E-state index contributed by atoms with van der Waals surface area (Å²) in [6, 6.07) is 5.86. The summed E-state index contributed by atoms with van der Waals surface area (Å²) in [6.45, 7) is 6.80. The number of fused-ring (bicyclic) bond motifs is 1. The van der Waals surface area contributed by atoms with Gasteiger partial charge in [0, 0.05) is 23.5 Å². The van der Waals surface area contributed by atoms with Crippen LogP contribution in [0, 0.1) is 18.2 Å². The lowest BCUT2D eigenvalue weighted by Gasteiger charge is -2.13. The molecule has 0 aliphatic carbocycles. The molecular formula is C27H24FN7O3. The number of terminal acetylenes is 1. The predicted octanol–water partition coefficient (Wildman–Crippen LogP) is 4.12. The Balaban J connectivity index is 1.89. The number of ether oxygens (including phenoxy) is 2. The quantitative estimate of drug-likeness (QED) is 0.192. The first kappa shape index (κ1) is 26.0. The van der Waals surface area contributed by atoms with Gasteiger partial charge in [-0.25, -0.2) is 29.3 Å². The van der Waals surface area contributed by atoms with Crippen molar-refractivity contribution in [3.63, 3.8) is 0 Å². The number of anilines is 1. The molecule has 0 fully saturated rings. The van der Waals surface area contributed by atoms with Crippen LogP contribution in [-0.2, 0) is 0 Å². The van der Waals surface area contributed by atoms with Crippen molar-refractivity contribution in [2.24, 2.45) is 9.98 Å². The van der Waals surface area contributed by atoms with Crippen LogP contribution in [0.1, 0.15) is 19.5 Å². The molecular weight excluding hydrogens is 489 g/mol. The molecule has 0 aliphatic rings. The van der Waals surface area contributed by atoms with Crippen molar-refractivity contribution in [2.75, 3.05) is 18.9 Å². The van der Waals surface area contributed by atoms with E-state index in [1.165, 1.54) is 24.7 Å². The molecule has 0 bridgehead atoms. The van der Waals surface area contributed by atoms with Gasteiger partial charge in [-0.05, 0) is 38.3 Å². The van der Waals surface area contributed by atoms with Crippen LogP contribution in [-0.4, -0.2) is 51.0 Å². The number of H-pyrrole nitrogens is 1. The molecule has 11 heteroatoms. The number of amidine groups is 1. The van der Waals surface area contributed by atoms with Crippen LogP contribution in [0.3, 0.4) is 0 Å². The van der Waals surface area contributed by atoms with Gasteiger partial charge >= 0.3 is 6.02 Å². The van der Waals surface area contributed by atoms with Crippen LogP contribution < -0.4 is 15.2 Å². The van der Waals surface area contributed by atoms with Gasteiger partial charge in [-0.1, -0.05) is 18.1 Å². The topological polar surface area (TPSA) is 144 Å². The molecule has 4 aromatic rings. The molecule has 0 saturated heterocycles. The lowest BCUT2D eigenvalue weighted by molar-refractivity contribution is 0.201. The van der Waals surface area contributed by atoms with Crippen molar-refractivity contribution in [3.8, 4) is 46.2 Å². The average Bonchev–Trinajstić information content (AvgIpc) is 3.32. The van der Waals surface area contributed by atoms with Crippen molar-refractivity contribution in [1.82, 2.24) is 19.9 Å². The van der Waals surface area contributed by atoms with E-state index in [2.05, 4.69) is 42.6 Å². The molecule has 3 aromatic heterocycles. The largest absolute Gasteiger partial charge is 0.490 e. The van der Waals surface area contributed by atoms with Crippen LogP contribution in [0.5, 0.6) is 11.5 Å². The summed E-state index contributed by atoms with van der Waals surface area (Å²) < 4.78 is 26.6. The Hall–Kier alpha value is -5.08. The Morgan fingerprint density at radius 2 is 2.11 bits per heavy atom. The van der Waals surface area contributed by atoms with E-state index >= 15 is 4.39 Å². The van der Waals surface area contributed by atoms with Crippen LogP contribution in [0.4, 0.5) is 10.2 Å². The molecule has 1 aromatic carbocycles. The second-order valence-electron chi connectivity index (χ2n) is 7.87. The molecule has 10 nitrogen and oxygen atoms in total. The van der Waals surface area contributed by atoms with Gasteiger partial charge in [-0.3, -0.25) is 0 Å². The summed E-state index contributed by atoms with van der Waals surface area (Å²) in [4.78, 5) is 23.7. The standard InChI is InChI=1S/C27H24FN7O3/c1-5-15(3)34-27(30-4)38-20-8-7-16(11-19(20)28)22-23-25(29)32-14-33-26(23)35-24(22)18-13-31-17(6-2)12-21(18)37-10-9-36/h2,5,7-8,11-14,36H,4,9-10H2,1,3H3,(H3,29,32,33,35)/b15-5-,34-27?. The SMILES string of the molecule is C#Cc1cc(OCCO)c(-c2[nH]c3ncnc(N)c3c2-c2ccc(OC(N=C)=N/C(C)=C\C)c(F)c2)cn1. The second kappa shape index (κ2) is 11.3. The number of hydrogen-bond acceptors (Lipinski definition) is 8. The molecule has 0 atom stereocenters. The summed E-state index contributed by atoms with van der Waals surface area (Å²) >= 11 is 0. The third-order valence-electron chi connectivity index (χ3n) is 5.50. The van der Waals surface area contributed by atoms with Gasteiger partial charge in [-0.2, -0.15) is 0 Å². The minimum Gasteiger partial charge on any atom is -0.490 e. The Bertz CT molecular complexity index is 1620.